The fraction of sp³-hybridized carbons (Fsp3) is 0.542. The summed E-state index contributed by atoms with van der Waals surface area (Å²) in [6, 6.07) is 8.64. The molecule has 0 spiro atoms. The molecular weight excluding hydrogens is 442 g/mol. The van der Waals surface area contributed by atoms with E-state index in [1.54, 1.807) is 19.1 Å². The Hall–Kier alpha value is -2.20. The summed E-state index contributed by atoms with van der Waals surface area (Å²) in [7, 11) is -3.62. The Morgan fingerprint density at radius 2 is 1.76 bits per heavy atom. The van der Waals surface area contributed by atoms with E-state index in [1.165, 1.54) is 10.4 Å². The smallest absolute Gasteiger partial charge is 0.251 e. The van der Waals surface area contributed by atoms with E-state index in [0.717, 1.165) is 43.9 Å². The molecule has 0 unspecified atom stereocenters. The number of hydrogen-bond acceptors (Lipinski definition) is 6. The van der Waals surface area contributed by atoms with Gasteiger partial charge in [-0.1, -0.05) is 12.5 Å². The SMILES string of the molecule is Cc1ccc([C@@H](CNC(=O)c2ccc(C)c(S(=O)(=O)N3CCCCC3)c2)N2CCOCC2)o1. The molecule has 1 aromatic carbocycles. The number of piperidine rings is 1. The van der Waals surface area contributed by atoms with E-state index in [-0.39, 0.29) is 16.8 Å². The molecule has 4 rings (SSSR count). The monoisotopic (exact) mass is 475 g/mol. The number of ether oxygens (including phenoxy) is 1. The Kier molecular flexibility index (Phi) is 7.53. The van der Waals surface area contributed by atoms with Gasteiger partial charge in [0.15, 0.2) is 0 Å². The third-order valence-electron chi connectivity index (χ3n) is 6.42. The van der Waals surface area contributed by atoms with Gasteiger partial charge in [-0.2, -0.15) is 4.31 Å². The Bertz CT molecular complexity index is 1070. The van der Waals surface area contributed by atoms with Crippen molar-refractivity contribution in [3.8, 4) is 0 Å². The van der Waals surface area contributed by atoms with Crippen LogP contribution in [0.5, 0.6) is 0 Å². The van der Waals surface area contributed by atoms with Crippen molar-refractivity contribution in [3.05, 3.63) is 53.0 Å². The van der Waals surface area contributed by atoms with Crippen LogP contribution >= 0.6 is 0 Å². The van der Waals surface area contributed by atoms with Gasteiger partial charge in [0, 0.05) is 38.3 Å². The Labute approximate surface area is 195 Å². The zero-order chi connectivity index (χ0) is 23.4. The first-order chi connectivity index (χ1) is 15.9. The van der Waals surface area contributed by atoms with Gasteiger partial charge in [-0.25, -0.2) is 8.42 Å². The fourth-order valence-electron chi connectivity index (χ4n) is 4.49. The lowest BCUT2D eigenvalue weighted by atomic mass is 10.1. The van der Waals surface area contributed by atoms with Crippen molar-refractivity contribution in [3.63, 3.8) is 0 Å². The average Bonchev–Trinajstić information content (AvgIpc) is 3.26. The first kappa shape index (κ1) is 23.9. The molecular formula is C24H33N3O5S. The summed E-state index contributed by atoms with van der Waals surface area (Å²) in [6.45, 7) is 7.87. The molecule has 0 radical (unpaired) electrons. The number of morpholine rings is 1. The predicted octanol–water partition coefficient (Wildman–Crippen LogP) is 2.87. The van der Waals surface area contributed by atoms with E-state index in [0.29, 0.717) is 44.0 Å². The van der Waals surface area contributed by atoms with Gasteiger partial charge in [0.25, 0.3) is 5.91 Å². The van der Waals surface area contributed by atoms with Crippen LogP contribution in [0.15, 0.2) is 39.6 Å². The van der Waals surface area contributed by atoms with Crippen molar-refractivity contribution < 1.29 is 22.4 Å². The molecule has 8 nitrogen and oxygen atoms in total. The van der Waals surface area contributed by atoms with E-state index < -0.39 is 10.0 Å². The fourth-order valence-corrected chi connectivity index (χ4v) is 6.25. The van der Waals surface area contributed by atoms with Crippen LogP contribution in [0, 0.1) is 13.8 Å². The molecule has 1 N–H and O–H groups in total. The average molecular weight is 476 g/mol. The van der Waals surface area contributed by atoms with Gasteiger partial charge in [0.05, 0.1) is 24.2 Å². The highest BCUT2D eigenvalue weighted by atomic mass is 32.2. The minimum atomic E-state index is -3.62. The molecule has 180 valence electrons. The molecule has 0 bridgehead atoms. The number of sulfonamides is 1. The molecule has 0 aliphatic carbocycles. The number of nitrogens with one attached hydrogen (secondary N) is 1. The lowest BCUT2D eigenvalue weighted by molar-refractivity contribution is 0.0117. The first-order valence-electron chi connectivity index (χ1n) is 11.6. The highest BCUT2D eigenvalue weighted by Crippen LogP contribution is 2.26. The molecule has 2 aliphatic heterocycles. The number of rotatable bonds is 7. The number of benzene rings is 1. The highest BCUT2D eigenvalue weighted by molar-refractivity contribution is 7.89. The Morgan fingerprint density at radius 1 is 1.03 bits per heavy atom. The summed E-state index contributed by atoms with van der Waals surface area (Å²) in [5, 5.41) is 2.99. The van der Waals surface area contributed by atoms with E-state index in [9.17, 15) is 13.2 Å². The summed E-state index contributed by atoms with van der Waals surface area (Å²) in [6.07, 6.45) is 2.79. The van der Waals surface area contributed by atoms with E-state index >= 15 is 0 Å². The van der Waals surface area contributed by atoms with E-state index in [4.69, 9.17) is 9.15 Å². The summed E-state index contributed by atoms with van der Waals surface area (Å²) < 4.78 is 39.3. The molecule has 1 aromatic heterocycles. The standard InChI is InChI=1S/C24H33N3O5S/c1-18-6-8-20(16-23(18)33(29,30)27-10-4-3-5-11-27)24(28)25-17-21(22-9-7-19(2)32-22)26-12-14-31-15-13-26/h6-9,16,21H,3-5,10-15,17H2,1-2H3,(H,25,28)/t21-/m1/s1. The summed E-state index contributed by atoms with van der Waals surface area (Å²) >= 11 is 0. The highest BCUT2D eigenvalue weighted by Gasteiger charge is 2.29. The van der Waals surface area contributed by atoms with Gasteiger partial charge in [-0.05, 0) is 56.5 Å². The zero-order valence-corrected chi connectivity index (χ0v) is 20.2. The van der Waals surface area contributed by atoms with Crippen LogP contribution in [-0.2, 0) is 14.8 Å². The number of aryl methyl sites for hydroxylation is 2. The predicted molar refractivity (Wildman–Crippen MR) is 125 cm³/mol. The third-order valence-corrected chi connectivity index (χ3v) is 8.46. The van der Waals surface area contributed by atoms with Gasteiger partial charge in [-0.3, -0.25) is 9.69 Å². The largest absolute Gasteiger partial charge is 0.465 e. The summed E-state index contributed by atoms with van der Waals surface area (Å²) in [5.74, 6) is 1.32. The molecule has 33 heavy (non-hydrogen) atoms. The second-order valence-electron chi connectivity index (χ2n) is 8.77. The normalized spacial score (nSPS) is 19.3. The molecule has 2 aromatic rings. The number of carbonyl (C=O) groups is 1. The summed E-state index contributed by atoms with van der Waals surface area (Å²) in [4.78, 5) is 15.5. The molecule has 9 heteroatoms. The molecule has 2 saturated heterocycles. The zero-order valence-electron chi connectivity index (χ0n) is 19.4. The maximum atomic E-state index is 13.2. The van der Waals surface area contributed by atoms with Crippen LogP contribution in [-0.4, -0.2) is 69.5 Å². The third kappa shape index (κ3) is 5.48. The van der Waals surface area contributed by atoms with Gasteiger partial charge in [0.2, 0.25) is 10.0 Å². The van der Waals surface area contributed by atoms with Crippen LogP contribution in [0.4, 0.5) is 0 Å². The van der Waals surface area contributed by atoms with Gasteiger partial charge in [-0.15, -0.1) is 0 Å². The Morgan fingerprint density at radius 3 is 2.42 bits per heavy atom. The van der Waals surface area contributed by atoms with Crippen LogP contribution in [0.3, 0.4) is 0 Å². The van der Waals surface area contributed by atoms with Crippen LogP contribution in [0.2, 0.25) is 0 Å². The minimum Gasteiger partial charge on any atom is -0.465 e. The van der Waals surface area contributed by atoms with Crippen LogP contribution in [0.25, 0.3) is 0 Å². The molecule has 2 fully saturated rings. The molecule has 0 saturated carbocycles. The number of nitrogens with zero attached hydrogens (tertiary/aromatic N) is 2. The quantitative estimate of drug-likeness (QED) is 0.662. The number of amides is 1. The van der Waals surface area contributed by atoms with Crippen molar-refractivity contribution in [1.29, 1.82) is 0 Å². The van der Waals surface area contributed by atoms with E-state index in [2.05, 4.69) is 10.2 Å². The van der Waals surface area contributed by atoms with Gasteiger partial charge in [0.1, 0.15) is 11.5 Å². The number of hydrogen-bond donors (Lipinski definition) is 1. The summed E-state index contributed by atoms with van der Waals surface area (Å²) in [5.41, 5.74) is 0.988. The first-order valence-corrected chi connectivity index (χ1v) is 13.1. The topological polar surface area (TPSA) is 92.1 Å². The maximum absolute atomic E-state index is 13.2. The van der Waals surface area contributed by atoms with Crippen molar-refractivity contribution in [2.24, 2.45) is 0 Å². The van der Waals surface area contributed by atoms with E-state index in [1.807, 2.05) is 19.1 Å². The molecule has 1 atom stereocenters. The number of furan rings is 1. The van der Waals surface area contributed by atoms with Crippen molar-refractivity contribution in [2.75, 3.05) is 45.9 Å². The lowest BCUT2D eigenvalue weighted by Gasteiger charge is -2.33. The molecule has 1 amide bonds. The number of carbonyl (C=O) groups excluding carboxylic acids is 1. The Balaban J connectivity index is 1.51. The van der Waals surface area contributed by atoms with Crippen molar-refractivity contribution >= 4 is 15.9 Å². The lowest BCUT2D eigenvalue weighted by Crippen LogP contribution is -2.43. The van der Waals surface area contributed by atoms with Crippen molar-refractivity contribution in [1.82, 2.24) is 14.5 Å². The van der Waals surface area contributed by atoms with Gasteiger partial charge < -0.3 is 14.5 Å². The second kappa shape index (κ2) is 10.4. The van der Waals surface area contributed by atoms with Crippen molar-refractivity contribution in [2.45, 2.75) is 44.0 Å². The maximum Gasteiger partial charge on any atom is 0.251 e. The molecule has 2 aliphatic rings. The van der Waals surface area contributed by atoms with Crippen LogP contribution < -0.4 is 5.32 Å². The second-order valence-corrected chi connectivity index (χ2v) is 10.7. The van der Waals surface area contributed by atoms with Gasteiger partial charge >= 0.3 is 0 Å². The molecule has 3 heterocycles. The minimum absolute atomic E-state index is 0.117. The van der Waals surface area contributed by atoms with Crippen LogP contribution in [0.1, 0.15) is 52.7 Å².